The lowest BCUT2D eigenvalue weighted by atomic mass is 10.2. The van der Waals surface area contributed by atoms with Gasteiger partial charge < -0.3 is 4.74 Å². The quantitative estimate of drug-likeness (QED) is 0.454. The Morgan fingerprint density at radius 1 is 1.32 bits per heavy atom. The summed E-state index contributed by atoms with van der Waals surface area (Å²) in [5, 5.41) is 12.0. The van der Waals surface area contributed by atoms with Gasteiger partial charge in [0, 0.05) is 17.6 Å². The average Bonchev–Trinajstić information content (AvgIpc) is 2.43. The van der Waals surface area contributed by atoms with Gasteiger partial charge in [0.25, 0.3) is 5.70 Å². The molecule has 0 N–H and O–H groups in total. The zero-order valence-corrected chi connectivity index (χ0v) is 11.3. The summed E-state index contributed by atoms with van der Waals surface area (Å²) in [6.45, 7) is 0. The number of nitro groups is 1. The van der Waals surface area contributed by atoms with Gasteiger partial charge in [-0.25, -0.2) is 4.21 Å². The Kier molecular flexibility index (Phi) is 5.91. The third kappa shape index (κ3) is 5.02. The zero-order chi connectivity index (χ0) is 14.3. The first kappa shape index (κ1) is 15.1. The SMILES string of the molecule is COc1ccc(/C=C(/C=C\S(=O)OC)[N+](=O)[O-])cc1. The second kappa shape index (κ2) is 7.45. The number of ether oxygens (including phenoxy) is 1. The lowest BCUT2D eigenvalue weighted by Gasteiger charge is -1.99. The van der Waals surface area contributed by atoms with Crippen LogP contribution < -0.4 is 4.74 Å². The summed E-state index contributed by atoms with van der Waals surface area (Å²) in [7, 11) is 2.79. The van der Waals surface area contributed by atoms with Crippen LogP contribution in [-0.4, -0.2) is 23.4 Å². The molecule has 0 amide bonds. The van der Waals surface area contributed by atoms with Gasteiger partial charge in [-0.05, 0) is 17.7 Å². The van der Waals surface area contributed by atoms with Crippen LogP contribution >= 0.6 is 0 Å². The molecule has 19 heavy (non-hydrogen) atoms. The first-order valence-corrected chi connectivity index (χ1v) is 6.34. The zero-order valence-electron chi connectivity index (χ0n) is 10.4. The average molecular weight is 283 g/mol. The largest absolute Gasteiger partial charge is 0.497 e. The highest BCUT2D eigenvalue weighted by Crippen LogP contribution is 2.14. The minimum absolute atomic E-state index is 0.185. The lowest BCUT2D eigenvalue weighted by Crippen LogP contribution is -1.96. The molecule has 1 aromatic carbocycles. The van der Waals surface area contributed by atoms with Crippen LogP contribution in [0.1, 0.15) is 5.56 Å². The van der Waals surface area contributed by atoms with E-state index >= 15 is 0 Å². The minimum Gasteiger partial charge on any atom is -0.497 e. The fourth-order valence-electron chi connectivity index (χ4n) is 1.21. The van der Waals surface area contributed by atoms with E-state index in [1.54, 1.807) is 24.3 Å². The van der Waals surface area contributed by atoms with Gasteiger partial charge in [0.05, 0.1) is 19.1 Å². The van der Waals surface area contributed by atoms with Gasteiger partial charge in [0.2, 0.25) is 0 Å². The van der Waals surface area contributed by atoms with Crippen molar-refractivity contribution in [3.05, 3.63) is 57.1 Å². The van der Waals surface area contributed by atoms with E-state index in [-0.39, 0.29) is 5.70 Å². The van der Waals surface area contributed by atoms with Crippen LogP contribution in [0.3, 0.4) is 0 Å². The van der Waals surface area contributed by atoms with Gasteiger partial charge in [-0.3, -0.25) is 14.3 Å². The van der Waals surface area contributed by atoms with E-state index < -0.39 is 16.0 Å². The monoisotopic (exact) mass is 283 g/mol. The van der Waals surface area contributed by atoms with E-state index in [0.717, 1.165) is 11.5 Å². The van der Waals surface area contributed by atoms with Crippen molar-refractivity contribution in [1.82, 2.24) is 0 Å². The Balaban J connectivity index is 2.97. The van der Waals surface area contributed by atoms with Crippen molar-refractivity contribution in [1.29, 1.82) is 0 Å². The van der Waals surface area contributed by atoms with Gasteiger partial charge in [-0.2, -0.15) is 0 Å². The van der Waals surface area contributed by atoms with Crippen LogP contribution in [-0.2, 0) is 15.3 Å². The summed E-state index contributed by atoms with van der Waals surface area (Å²) in [5.74, 6) is 0.663. The van der Waals surface area contributed by atoms with Gasteiger partial charge in [0.15, 0.2) is 11.1 Å². The second-order valence-electron chi connectivity index (χ2n) is 3.33. The molecule has 0 bridgehead atoms. The number of hydrogen-bond donors (Lipinski definition) is 0. The Morgan fingerprint density at radius 2 is 1.95 bits per heavy atom. The van der Waals surface area contributed by atoms with Gasteiger partial charge in [0.1, 0.15) is 5.75 Å². The molecule has 6 nitrogen and oxygen atoms in total. The number of hydrogen-bond acceptors (Lipinski definition) is 5. The summed E-state index contributed by atoms with van der Waals surface area (Å²) in [6.07, 6.45) is 2.51. The van der Waals surface area contributed by atoms with Crippen molar-refractivity contribution in [2.24, 2.45) is 0 Å². The first-order valence-electron chi connectivity index (χ1n) is 5.20. The third-order valence-corrected chi connectivity index (χ3v) is 2.84. The molecule has 7 heteroatoms. The molecular weight excluding hydrogens is 270 g/mol. The van der Waals surface area contributed by atoms with Crippen LogP contribution in [0.5, 0.6) is 5.75 Å². The Labute approximate surface area is 113 Å². The molecule has 0 spiro atoms. The molecule has 0 radical (unpaired) electrons. The van der Waals surface area contributed by atoms with Gasteiger partial charge in [-0.15, -0.1) is 0 Å². The highest BCUT2D eigenvalue weighted by Gasteiger charge is 2.07. The highest BCUT2D eigenvalue weighted by atomic mass is 32.2. The summed E-state index contributed by atoms with van der Waals surface area (Å²) in [4.78, 5) is 10.3. The first-order chi connectivity index (χ1) is 9.06. The predicted octanol–water partition coefficient (Wildman–Crippen LogP) is 2.14. The smallest absolute Gasteiger partial charge is 0.270 e. The second-order valence-corrected chi connectivity index (χ2v) is 4.46. The summed E-state index contributed by atoms with van der Waals surface area (Å²) >= 11 is -1.67. The van der Waals surface area contributed by atoms with Crippen molar-refractivity contribution in [2.45, 2.75) is 0 Å². The molecular formula is C12H13NO5S. The molecule has 0 aliphatic heterocycles. The van der Waals surface area contributed by atoms with Crippen LogP contribution in [0, 0.1) is 10.1 Å². The van der Waals surface area contributed by atoms with Crippen molar-refractivity contribution in [3.63, 3.8) is 0 Å². The molecule has 0 saturated heterocycles. The summed E-state index contributed by atoms with van der Waals surface area (Å²) in [5.41, 5.74) is 0.455. The minimum atomic E-state index is -1.67. The van der Waals surface area contributed by atoms with Crippen LogP contribution in [0.15, 0.2) is 41.4 Å². The molecule has 0 aliphatic rings. The highest BCUT2D eigenvalue weighted by molar-refractivity contribution is 7.83. The number of rotatable bonds is 6. The van der Waals surface area contributed by atoms with E-state index in [1.165, 1.54) is 20.3 Å². The standard InChI is InChI=1S/C12H13NO5S/c1-17-12-5-3-10(4-6-12)9-11(13(14)15)7-8-19(16)18-2/h3-9H,1-2H3/b8-7-,11-9-. The third-order valence-electron chi connectivity index (χ3n) is 2.16. The van der Waals surface area contributed by atoms with Gasteiger partial charge >= 0.3 is 0 Å². The molecule has 1 atom stereocenters. The molecule has 1 rings (SSSR count). The molecule has 0 saturated carbocycles. The molecule has 0 fully saturated rings. The van der Waals surface area contributed by atoms with E-state index in [2.05, 4.69) is 4.18 Å². The van der Waals surface area contributed by atoms with Crippen molar-refractivity contribution in [3.8, 4) is 5.75 Å². The maximum atomic E-state index is 11.0. The van der Waals surface area contributed by atoms with E-state index in [9.17, 15) is 14.3 Å². The molecule has 0 aliphatic carbocycles. The van der Waals surface area contributed by atoms with Crippen LogP contribution in [0.25, 0.3) is 6.08 Å². The molecule has 0 aromatic heterocycles. The number of methoxy groups -OCH3 is 1. The predicted molar refractivity (Wildman–Crippen MR) is 72.3 cm³/mol. The number of nitrogens with zero attached hydrogens (tertiary/aromatic N) is 1. The Morgan fingerprint density at radius 3 is 2.42 bits per heavy atom. The molecule has 0 heterocycles. The summed E-state index contributed by atoms with van der Waals surface area (Å²) < 4.78 is 20.5. The maximum absolute atomic E-state index is 11.0. The molecule has 1 unspecified atom stereocenters. The molecule has 1 aromatic rings. The number of allylic oxidation sites excluding steroid dienone is 1. The normalized spacial score (nSPS) is 13.5. The topological polar surface area (TPSA) is 78.7 Å². The summed E-state index contributed by atoms with van der Waals surface area (Å²) in [6, 6.07) is 6.76. The van der Waals surface area contributed by atoms with Crippen LogP contribution in [0.2, 0.25) is 0 Å². The van der Waals surface area contributed by atoms with Gasteiger partial charge in [-0.1, -0.05) is 12.1 Å². The van der Waals surface area contributed by atoms with E-state index in [4.69, 9.17) is 4.74 Å². The van der Waals surface area contributed by atoms with Crippen LogP contribution in [0.4, 0.5) is 0 Å². The number of benzene rings is 1. The van der Waals surface area contributed by atoms with Crippen molar-refractivity contribution < 1.29 is 18.1 Å². The Hall–Kier alpha value is -1.99. The Bertz CT molecular complexity index is 521. The molecule has 102 valence electrons. The van der Waals surface area contributed by atoms with Crippen molar-refractivity contribution >= 4 is 17.2 Å². The van der Waals surface area contributed by atoms with Crippen molar-refractivity contribution in [2.75, 3.05) is 14.2 Å². The lowest BCUT2D eigenvalue weighted by molar-refractivity contribution is -0.417. The fraction of sp³-hybridized carbons (Fsp3) is 0.167. The fourth-order valence-corrected chi connectivity index (χ4v) is 1.58. The maximum Gasteiger partial charge on any atom is 0.270 e. The van der Waals surface area contributed by atoms with E-state index in [0.29, 0.717) is 11.3 Å². The van der Waals surface area contributed by atoms with E-state index in [1.807, 2.05) is 0 Å².